The predicted molar refractivity (Wildman–Crippen MR) is 53.0 cm³/mol. The van der Waals surface area contributed by atoms with Crippen LogP contribution in [0, 0.1) is 15.9 Å². The van der Waals surface area contributed by atoms with E-state index in [-0.39, 0.29) is 5.56 Å². The first-order chi connectivity index (χ1) is 7.90. The molecule has 2 N–H and O–H groups in total. The van der Waals surface area contributed by atoms with Crippen molar-refractivity contribution < 1.29 is 24.0 Å². The average molecular weight is 242 g/mol. The molecule has 8 heteroatoms. The maximum atomic E-state index is 12.9. The Morgan fingerprint density at radius 2 is 2.06 bits per heavy atom. The van der Waals surface area contributed by atoms with Crippen molar-refractivity contribution in [3.8, 4) is 0 Å². The highest BCUT2D eigenvalue weighted by molar-refractivity contribution is 5.96. The van der Waals surface area contributed by atoms with Gasteiger partial charge in [-0.2, -0.15) is 0 Å². The summed E-state index contributed by atoms with van der Waals surface area (Å²) in [5.74, 6) is -3.11. The van der Waals surface area contributed by atoms with E-state index in [0.29, 0.717) is 6.07 Å². The SMILES string of the molecule is O=C(O)CNC(=O)c1cc(F)cc([N+](=O)[O-])c1. The van der Waals surface area contributed by atoms with Crippen LogP contribution in [0.4, 0.5) is 10.1 Å². The summed E-state index contributed by atoms with van der Waals surface area (Å²) in [6, 6.07) is 2.30. The molecule has 0 aliphatic heterocycles. The Hall–Kier alpha value is -2.51. The standard InChI is InChI=1S/C9H7FN2O5/c10-6-1-5(2-7(3-6)12(16)17)9(15)11-4-8(13)14/h1-3H,4H2,(H,11,15)(H,13,14). The van der Waals surface area contributed by atoms with Gasteiger partial charge in [0.15, 0.2) is 0 Å². The van der Waals surface area contributed by atoms with Crippen LogP contribution in [-0.2, 0) is 4.79 Å². The van der Waals surface area contributed by atoms with Crippen LogP contribution >= 0.6 is 0 Å². The Balaban J connectivity index is 2.93. The summed E-state index contributed by atoms with van der Waals surface area (Å²) in [5.41, 5.74) is -0.886. The highest BCUT2D eigenvalue weighted by Gasteiger charge is 2.14. The van der Waals surface area contributed by atoms with E-state index in [2.05, 4.69) is 0 Å². The number of amides is 1. The zero-order valence-electron chi connectivity index (χ0n) is 8.34. The second-order valence-electron chi connectivity index (χ2n) is 3.03. The van der Waals surface area contributed by atoms with Crippen LogP contribution in [0.15, 0.2) is 18.2 Å². The number of carboxylic acids is 1. The van der Waals surface area contributed by atoms with E-state index in [0.717, 1.165) is 12.1 Å². The van der Waals surface area contributed by atoms with Crippen LogP contribution in [0.25, 0.3) is 0 Å². The molecule has 0 aliphatic rings. The lowest BCUT2D eigenvalue weighted by Crippen LogP contribution is -2.29. The number of carbonyl (C=O) groups excluding carboxylic acids is 1. The van der Waals surface area contributed by atoms with Crippen molar-refractivity contribution in [2.45, 2.75) is 0 Å². The molecule has 0 radical (unpaired) electrons. The molecule has 90 valence electrons. The number of non-ortho nitro benzene ring substituents is 1. The number of hydrogen-bond donors (Lipinski definition) is 2. The van der Waals surface area contributed by atoms with Crippen molar-refractivity contribution in [2.24, 2.45) is 0 Å². The number of nitrogens with one attached hydrogen (secondary N) is 1. The van der Waals surface area contributed by atoms with Crippen molar-refractivity contribution >= 4 is 17.6 Å². The molecule has 0 atom stereocenters. The zero-order chi connectivity index (χ0) is 13.0. The maximum absolute atomic E-state index is 12.9. The Bertz CT molecular complexity index is 488. The molecular formula is C9H7FN2O5. The Morgan fingerprint density at radius 3 is 2.59 bits per heavy atom. The summed E-state index contributed by atoms with van der Waals surface area (Å²) in [5, 5.41) is 20.7. The molecule has 0 bridgehead atoms. The molecule has 0 heterocycles. The van der Waals surface area contributed by atoms with Gasteiger partial charge < -0.3 is 10.4 Å². The molecule has 1 aromatic rings. The molecule has 1 rings (SSSR count). The first-order valence-corrected chi connectivity index (χ1v) is 4.35. The van der Waals surface area contributed by atoms with Crippen molar-refractivity contribution in [2.75, 3.05) is 6.54 Å². The Labute approximate surface area is 94.0 Å². The largest absolute Gasteiger partial charge is 0.480 e. The van der Waals surface area contributed by atoms with Gasteiger partial charge in [-0.05, 0) is 6.07 Å². The number of nitro benzene ring substituents is 1. The third kappa shape index (κ3) is 3.52. The van der Waals surface area contributed by atoms with Gasteiger partial charge in [-0.15, -0.1) is 0 Å². The summed E-state index contributed by atoms with van der Waals surface area (Å²) < 4.78 is 12.9. The second-order valence-corrected chi connectivity index (χ2v) is 3.03. The quantitative estimate of drug-likeness (QED) is 0.591. The van der Waals surface area contributed by atoms with Crippen LogP contribution in [0.2, 0.25) is 0 Å². The monoisotopic (exact) mass is 242 g/mol. The smallest absolute Gasteiger partial charge is 0.322 e. The van der Waals surface area contributed by atoms with Gasteiger partial charge >= 0.3 is 5.97 Å². The third-order valence-electron chi connectivity index (χ3n) is 1.76. The molecular weight excluding hydrogens is 235 g/mol. The van der Waals surface area contributed by atoms with Crippen molar-refractivity contribution in [1.82, 2.24) is 5.32 Å². The van der Waals surface area contributed by atoms with Gasteiger partial charge in [-0.1, -0.05) is 0 Å². The molecule has 0 unspecified atom stereocenters. The first-order valence-electron chi connectivity index (χ1n) is 4.35. The van der Waals surface area contributed by atoms with Crippen molar-refractivity contribution in [3.63, 3.8) is 0 Å². The molecule has 0 aliphatic carbocycles. The average Bonchev–Trinajstić information content (AvgIpc) is 2.24. The molecule has 0 saturated heterocycles. The minimum absolute atomic E-state index is 0.307. The van der Waals surface area contributed by atoms with E-state index >= 15 is 0 Å². The lowest BCUT2D eigenvalue weighted by Gasteiger charge is -2.02. The molecule has 1 amide bonds. The number of halogens is 1. The van der Waals surface area contributed by atoms with Gasteiger partial charge in [0.25, 0.3) is 11.6 Å². The van der Waals surface area contributed by atoms with Gasteiger partial charge in [0.05, 0.1) is 11.0 Å². The van der Waals surface area contributed by atoms with E-state index in [1.54, 1.807) is 0 Å². The number of nitrogens with zero attached hydrogens (tertiary/aromatic N) is 1. The summed E-state index contributed by atoms with van der Waals surface area (Å²) in [6.07, 6.45) is 0. The van der Waals surface area contributed by atoms with Crippen LogP contribution in [0.3, 0.4) is 0 Å². The fourth-order valence-corrected chi connectivity index (χ4v) is 1.07. The van der Waals surface area contributed by atoms with Crippen molar-refractivity contribution in [3.05, 3.63) is 39.7 Å². The number of carboxylic acid groups (broad SMARTS) is 1. The number of rotatable bonds is 4. The highest BCUT2D eigenvalue weighted by atomic mass is 19.1. The van der Waals surface area contributed by atoms with Crippen LogP contribution < -0.4 is 5.32 Å². The van der Waals surface area contributed by atoms with Gasteiger partial charge in [0.1, 0.15) is 12.4 Å². The van der Waals surface area contributed by atoms with Crippen LogP contribution in [-0.4, -0.2) is 28.5 Å². The van der Waals surface area contributed by atoms with Crippen LogP contribution in [0.1, 0.15) is 10.4 Å². The summed E-state index contributed by atoms with van der Waals surface area (Å²) >= 11 is 0. The Kier molecular flexibility index (Phi) is 3.70. The third-order valence-corrected chi connectivity index (χ3v) is 1.76. The van der Waals surface area contributed by atoms with Crippen LogP contribution in [0.5, 0.6) is 0 Å². The fourth-order valence-electron chi connectivity index (χ4n) is 1.07. The summed E-state index contributed by atoms with van der Waals surface area (Å²) in [6.45, 7) is -0.650. The minimum atomic E-state index is -1.27. The summed E-state index contributed by atoms with van der Waals surface area (Å²) in [7, 11) is 0. The molecule has 0 spiro atoms. The number of carbonyl (C=O) groups is 2. The molecule has 1 aromatic carbocycles. The van der Waals surface area contributed by atoms with Crippen molar-refractivity contribution in [1.29, 1.82) is 0 Å². The Morgan fingerprint density at radius 1 is 1.41 bits per heavy atom. The van der Waals surface area contributed by atoms with Gasteiger partial charge in [0, 0.05) is 11.6 Å². The minimum Gasteiger partial charge on any atom is -0.480 e. The lowest BCUT2D eigenvalue weighted by atomic mass is 10.2. The second kappa shape index (κ2) is 5.01. The van der Waals surface area contributed by atoms with Gasteiger partial charge in [-0.25, -0.2) is 4.39 Å². The van der Waals surface area contributed by atoms with Gasteiger partial charge in [0.2, 0.25) is 0 Å². The van der Waals surface area contributed by atoms with E-state index in [1.165, 1.54) is 0 Å². The topological polar surface area (TPSA) is 110 Å². The molecule has 0 saturated carbocycles. The molecule has 17 heavy (non-hydrogen) atoms. The first kappa shape index (κ1) is 12.6. The number of benzene rings is 1. The normalized spacial score (nSPS) is 9.71. The fraction of sp³-hybridized carbons (Fsp3) is 0.111. The van der Waals surface area contributed by atoms with E-state index in [9.17, 15) is 24.1 Å². The number of nitro groups is 1. The highest BCUT2D eigenvalue weighted by Crippen LogP contribution is 2.16. The van der Waals surface area contributed by atoms with E-state index < -0.39 is 34.8 Å². The summed E-state index contributed by atoms with van der Waals surface area (Å²) in [4.78, 5) is 31.0. The van der Waals surface area contributed by atoms with Gasteiger partial charge in [-0.3, -0.25) is 19.7 Å². The molecule has 7 nitrogen and oxygen atoms in total. The molecule has 0 fully saturated rings. The zero-order valence-corrected chi connectivity index (χ0v) is 8.34. The maximum Gasteiger partial charge on any atom is 0.322 e. The number of hydrogen-bond acceptors (Lipinski definition) is 4. The number of aliphatic carboxylic acids is 1. The van der Waals surface area contributed by atoms with E-state index in [4.69, 9.17) is 5.11 Å². The van der Waals surface area contributed by atoms with E-state index in [1.807, 2.05) is 5.32 Å². The lowest BCUT2D eigenvalue weighted by molar-refractivity contribution is -0.385. The molecule has 0 aromatic heterocycles. The predicted octanol–water partition coefficient (Wildman–Crippen LogP) is 0.548.